The molecule has 0 fully saturated rings. The molecule has 0 aliphatic rings. The van der Waals surface area contributed by atoms with Gasteiger partial charge in [0.15, 0.2) is 11.0 Å². The Morgan fingerprint density at radius 2 is 1.76 bits per heavy atom. The van der Waals surface area contributed by atoms with Gasteiger partial charge in [-0.05, 0) is 67.4 Å². The molecule has 4 rings (SSSR count). The predicted molar refractivity (Wildman–Crippen MR) is 130 cm³/mol. The van der Waals surface area contributed by atoms with Crippen molar-refractivity contribution in [1.82, 2.24) is 14.8 Å². The lowest BCUT2D eigenvalue weighted by atomic mass is 10.1. The molecular weight excluding hydrogens is 437 g/mol. The summed E-state index contributed by atoms with van der Waals surface area (Å²) >= 11 is 1.32. The Kier molecular flexibility index (Phi) is 7.04. The van der Waals surface area contributed by atoms with Crippen molar-refractivity contribution >= 4 is 29.0 Å². The summed E-state index contributed by atoms with van der Waals surface area (Å²) in [4.78, 5) is 12.6. The number of halogens is 1. The maximum atomic E-state index is 13.2. The molecule has 0 unspecified atom stereocenters. The number of hydrogen-bond donors (Lipinski definition) is 2. The first kappa shape index (κ1) is 22.5. The van der Waals surface area contributed by atoms with Crippen molar-refractivity contribution in [3.05, 3.63) is 95.6 Å². The highest BCUT2D eigenvalue weighted by Crippen LogP contribution is 2.24. The molecule has 4 aromatic rings. The van der Waals surface area contributed by atoms with Crippen LogP contribution in [0.2, 0.25) is 0 Å². The van der Waals surface area contributed by atoms with E-state index in [-0.39, 0.29) is 17.5 Å². The maximum Gasteiger partial charge on any atom is 0.234 e. The summed E-state index contributed by atoms with van der Waals surface area (Å²) < 4.78 is 15.1. The van der Waals surface area contributed by atoms with Crippen molar-refractivity contribution in [2.24, 2.45) is 0 Å². The largest absolute Gasteiger partial charge is 0.378 e. The van der Waals surface area contributed by atoms with Crippen LogP contribution in [-0.4, -0.2) is 26.4 Å². The molecule has 0 bridgehead atoms. The SMILES string of the molecule is Cc1ccc(C)c(NC(=O)CSc2nnc(CNc3ccc(F)cc3)n2-c2ccccc2)c1. The van der Waals surface area contributed by atoms with Crippen molar-refractivity contribution in [3.63, 3.8) is 0 Å². The molecular formula is C25H24FN5OS. The Bertz CT molecular complexity index is 1240. The summed E-state index contributed by atoms with van der Waals surface area (Å²) in [6.07, 6.45) is 0. The number of amides is 1. The fraction of sp³-hybridized carbons (Fsp3) is 0.160. The van der Waals surface area contributed by atoms with Crippen molar-refractivity contribution < 1.29 is 9.18 Å². The first-order chi connectivity index (χ1) is 16.0. The van der Waals surface area contributed by atoms with Crippen molar-refractivity contribution in [2.45, 2.75) is 25.5 Å². The summed E-state index contributed by atoms with van der Waals surface area (Å²) in [5.74, 6) is 0.486. The lowest BCUT2D eigenvalue weighted by Gasteiger charge is -2.12. The van der Waals surface area contributed by atoms with Gasteiger partial charge in [0.1, 0.15) is 5.82 Å². The number of nitrogens with one attached hydrogen (secondary N) is 2. The number of thioether (sulfide) groups is 1. The highest BCUT2D eigenvalue weighted by atomic mass is 32.2. The molecule has 0 saturated carbocycles. The molecule has 0 spiro atoms. The van der Waals surface area contributed by atoms with Gasteiger partial charge in [-0.1, -0.05) is 42.1 Å². The predicted octanol–water partition coefficient (Wildman–Crippen LogP) is 5.37. The van der Waals surface area contributed by atoms with Gasteiger partial charge in [0.05, 0.1) is 12.3 Å². The van der Waals surface area contributed by atoms with Crippen LogP contribution in [0.4, 0.5) is 15.8 Å². The second-order valence-corrected chi connectivity index (χ2v) is 8.53. The zero-order chi connectivity index (χ0) is 23.2. The summed E-state index contributed by atoms with van der Waals surface area (Å²) in [6.45, 7) is 4.35. The Balaban J connectivity index is 1.49. The van der Waals surface area contributed by atoms with Crippen LogP contribution >= 0.6 is 11.8 Å². The minimum atomic E-state index is -0.286. The number of para-hydroxylation sites is 1. The normalized spacial score (nSPS) is 10.8. The topological polar surface area (TPSA) is 71.8 Å². The first-order valence-electron chi connectivity index (χ1n) is 10.5. The van der Waals surface area contributed by atoms with E-state index in [1.165, 1.54) is 23.9 Å². The van der Waals surface area contributed by atoms with Crippen LogP contribution in [-0.2, 0) is 11.3 Å². The molecule has 0 aliphatic carbocycles. The molecule has 2 N–H and O–H groups in total. The van der Waals surface area contributed by atoms with Crippen LogP contribution in [0.1, 0.15) is 17.0 Å². The van der Waals surface area contributed by atoms with E-state index in [9.17, 15) is 9.18 Å². The van der Waals surface area contributed by atoms with Gasteiger partial charge < -0.3 is 10.6 Å². The van der Waals surface area contributed by atoms with Crippen LogP contribution in [0, 0.1) is 19.7 Å². The molecule has 1 heterocycles. The van der Waals surface area contributed by atoms with E-state index < -0.39 is 0 Å². The standard InChI is InChI=1S/C25H24FN5OS/c1-17-8-9-18(2)22(14-17)28-24(32)16-33-25-30-29-23(31(25)21-6-4-3-5-7-21)15-27-20-12-10-19(26)11-13-20/h3-14,27H,15-16H2,1-2H3,(H,28,32). The number of aryl methyl sites for hydroxylation is 2. The molecule has 0 atom stereocenters. The average molecular weight is 462 g/mol. The quantitative estimate of drug-likeness (QED) is 0.345. The van der Waals surface area contributed by atoms with Crippen molar-refractivity contribution in [1.29, 1.82) is 0 Å². The molecule has 8 heteroatoms. The summed E-state index contributed by atoms with van der Waals surface area (Å²) in [5, 5.41) is 15.5. The van der Waals surface area contributed by atoms with Gasteiger partial charge in [-0.15, -0.1) is 10.2 Å². The zero-order valence-corrected chi connectivity index (χ0v) is 19.2. The number of carbonyl (C=O) groups is 1. The highest BCUT2D eigenvalue weighted by Gasteiger charge is 2.16. The molecule has 6 nitrogen and oxygen atoms in total. The maximum absolute atomic E-state index is 13.2. The lowest BCUT2D eigenvalue weighted by molar-refractivity contribution is -0.113. The van der Waals surface area contributed by atoms with Gasteiger partial charge in [-0.3, -0.25) is 9.36 Å². The van der Waals surface area contributed by atoms with Gasteiger partial charge in [0.2, 0.25) is 5.91 Å². The van der Waals surface area contributed by atoms with E-state index in [4.69, 9.17) is 0 Å². The van der Waals surface area contributed by atoms with E-state index >= 15 is 0 Å². The van der Waals surface area contributed by atoms with Crippen LogP contribution in [0.15, 0.2) is 78.0 Å². The summed E-state index contributed by atoms with van der Waals surface area (Å²) in [5.41, 5.74) is 4.59. The third-order valence-electron chi connectivity index (χ3n) is 5.01. The number of hydrogen-bond acceptors (Lipinski definition) is 5. The monoisotopic (exact) mass is 461 g/mol. The van der Waals surface area contributed by atoms with E-state index in [1.807, 2.05) is 66.9 Å². The molecule has 1 aromatic heterocycles. The van der Waals surface area contributed by atoms with Gasteiger partial charge in [-0.25, -0.2) is 4.39 Å². The molecule has 1 amide bonds. The second-order valence-electron chi connectivity index (χ2n) is 7.59. The third kappa shape index (κ3) is 5.78. The fourth-order valence-corrected chi connectivity index (χ4v) is 4.05. The number of aromatic nitrogens is 3. The highest BCUT2D eigenvalue weighted by molar-refractivity contribution is 7.99. The number of rotatable bonds is 8. The van der Waals surface area contributed by atoms with E-state index in [0.717, 1.165) is 28.2 Å². The molecule has 33 heavy (non-hydrogen) atoms. The minimum absolute atomic E-state index is 0.109. The zero-order valence-electron chi connectivity index (χ0n) is 18.4. The molecule has 168 valence electrons. The molecule has 0 radical (unpaired) electrons. The Morgan fingerprint density at radius 1 is 1.00 bits per heavy atom. The minimum Gasteiger partial charge on any atom is -0.378 e. The smallest absolute Gasteiger partial charge is 0.234 e. The Morgan fingerprint density at radius 3 is 2.52 bits per heavy atom. The second kappa shape index (κ2) is 10.3. The van der Waals surface area contributed by atoms with Crippen molar-refractivity contribution in [2.75, 3.05) is 16.4 Å². The summed E-state index contributed by atoms with van der Waals surface area (Å²) in [7, 11) is 0. The molecule has 3 aromatic carbocycles. The van der Waals surface area contributed by atoms with Crippen LogP contribution in [0.5, 0.6) is 0 Å². The Hall–Kier alpha value is -3.65. The van der Waals surface area contributed by atoms with E-state index in [0.29, 0.717) is 17.5 Å². The summed E-state index contributed by atoms with van der Waals surface area (Å²) in [6, 6.07) is 21.9. The first-order valence-corrected chi connectivity index (χ1v) is 11.5. The van der Waals surface area contributed by atoms with Gasteiger partial charge in [0.25, 0.3) is 0 Å². The van der Waals surface area contributed by atoms with Crippen LogP contribution < -0.4 is 10.6 Å². The van der Waals surface area contributed by atoms with Gasteiger partial charge >= 0.3 is 0 Å². The molecule has 0 saturated heterocycles. The van der Waals surface area contributed by atoms with Crippen LogP contribution in [0.25, 0.3) is 5.69 Å². The number of benzene rings is 3. The van der Waals surface area contributed by atoms with E-state index in [1.54, 1.807) is 12.1 Å². The van der Waals surface area contributed by atoms with Gasteiger partial charge in [0, 0.05) is 17.1 Å². The number of anilines is 2. The van der Waals surface area contributed by atoms with Crippen LogP contribution in [0.3, 0.4) is 0 Å². The lowest BCUT2D eigenvalue weighted by Crippen LogP contribution is -2.15. The number of carbonyl (C=O) groups excluding carboxylic acids is 1. The van der Waals surface area contributed by atoms with Crippen molar-refractivity contribution in [3.8, 4) is 5.69 Å². The van der Waals surface area contributed by atoms with E-state index in [2.05, 4.69) is 20.8 Å². The third-order valence-corrected chi connectivity index (χ3v) is 5.94. The van der Waals surface area contributed by atoms with Gasteiger partial charge in [-0.2, -0.15) is 0 Å². The Labute approximate surface area is 196 Å². The number of nitrogens with zero attached hydrogens (tertiary/aromatic N) is 3. The fourth-order valence-electron chi connectivity index (χ4n) is 3.28. The average Bonchev–Trinajstić information content (AvgIpc) is 3.23. The molecule has 0 aliphatic heterocycles.